The molecule has 5 heteroatoms. The van der Waals surface area contributed by atoms with Gasteiger partial charge in [0.2, 0.25) is 5.91 Å². The fourth-order valence-corrected chi connectivity index (χ4v) is 3.19. The van der Waals surface area contributed by atoms with E-state index in [1.807, 2.05) is 34.5 Å². The van der Waals surface area contributed by atoms with Crippen LogP contribution in [0.15, 0.2) is 35.8 Å². The van der Waals surface area contributed by atoms with Crippen molar-refractivity contribution < 1.29 is 9.53 Å². The van der Waals surface area contributed by atoms with Gasteiger partial charge in [0.1, 0.15) is 10.8 Å². The molecule has 22 heavy (non-hydrogen) atoms. The first-order valence-electron chi connectivity index (χ1n) is 7.57. The summed E-state index contributed by atoms with van der Waals surface area (Å²) in [6, 6.07) is 8.30. The number of nitrogens with zero attached hydrogens (tertiary/aromatic N) is 2. The number of amides is 1. The quantitative estimate of drug-likeness (QED) is 0.787. The van der Waals surface area contributed by atoms with Gasteiger partial charge in [-0.25, -0.2) is 4.98 Å². The van der Waals surface area contributed by atoms with Crippen molar-refractivity contribution in [3.8, 4) is 5.75 Å². The average Bonchev–Trinajstić information content (AvgIpc) is 3.26. The summed E-state index contributed by atoms with van der Waals surface area (Å²) in [6.07, 6.45) is 5.26. The van der Waals surface area contributed by atoms with Crippen molar-refractivity contribution in [3.63, 3.8) is 0 Å². The number of aromatic nitrogens is 1. The number of carbonyl (C=O) groups is 1. The molecule has 0 aliphatic heterocycles. The third-order valence-electron chi connectivity index (χ3n) is 3.90. The highest BCUT2D eigenvalue weighted by atomic mass is 32.1. The first-order chi connectivity index (χ1) is 10.8. The lowest BCUT2D eigenvalue weighted by Gasteiger charge is -2.21. The van der Waals surface area contributed by atoms with Crippen LogP contribution in [0, 0.1) is 0 Å². The molecular formula is C17H20N2O2S. The number of aryl methyl sites for hydroxylation is 1. The maximum atomic E-state index is 12.6. The molecule has 1 aromatic heterocycles. The highest BCUT2D eigenvalue weighted by Crippen LogP contribution is 2.30. The Kier molecular flexibility index (Phi) is 4.73. The maximum absolute atomic E-state index is 12.6. The predicted molar refractivity (Wildman–Crippen MR) is 87.0 cm³/mol. The van der Waals surface area contributed by atoms with Gasteiger partial charge in [-0.1, -0.05) is 18.2 Å². The fourth-order valence-electron chi connectivity index (χ4n) is 2.58. The summed E-state index contributed by atoms with van der Waals surface area (Å²) in [5.41, 5.74) is 1.09. The molecule has 0 bridgehead atoms. The van der Waals surface area contributed by atoms with Crippen LogP contribution in [0.2, 0.25) is 0 Å². The Hall–Kier alpha value is -1.88. The Balaban J connectivity index is 1.62. The molecule has 1 aliphatic carbocycles. The Bertz CT molecular complexity index is 623. The summed E-state index contributed by atoms with van der Waals surface area (Å²) in [4.78, 5) is 18.9. The van der Waals surface area contributed by atoms with Crippen molar-refractivity contribution in [3.05, 3.63) is 46.4 Å². The van der Waals surface area contributed by atoms with E-state index in [-0.39, 0.29) is 5.91 Å². The number of para-hydroxylation sites is 1. The highest BCUT2D eigenvalue weighted by molar-refractivity contribution is 7.09. The summed E-state index contributed by atoms with van der Waals surface area (Å²) in [5, 5.41) is 2.97. The zero-order chi connectivity index (χ0) is 15.4. The lowest BCUT2D eigenvalue weighted by atomic mass is 10.1. The van der Waals surface area contributed by atoms with Crippen LogP contribution in [0.25, 0.3) is 0 Å². The van der Waals surface area contributed by atoms with Crippen molar-refractivity contribution in [2.45, 2.75) is 38.3 Å². The van der Waals surface area contributed by atoms with Crippen LogP contribution >= 0.6 is 11.3 Å². The second-order valence-electron chi connectivity index (χ2n) is 5.49. The van der Waals surface area contributed by atoms with E-state index >= 15 is 0 Å². The smallest absolute Gasteiger partial charge is 0.223 e. The standard InChI is InChI=1S/C17H20N2O2S/c1-21-15-5-3-2-4-13(15)6-9-17(20)19(14-7-8-14)12-16-18-10-11-22-16/h2-5,10-11,14H,6-9,12H2,1H3. The van der Waals surface area contributed by atoms with E-state index in [4.69, 9.17) is 4.74 Å². The first kappa shape index (κ1) is 15.0. The van der Waals surface area contributed by atoms with Gasteiger partial charge in [0.15, 0.2) is 0 Å². The predicted octanol–water partition coefficient (Wildman–Crippen LogP) is 3.28. The van der Waals surface area contributed by atoms with Crippen molar-refractivity contribution in [1.29, 1.82) is 0 Å². The van der Waals surface area contributed by atoms with E-state index in [1.54, 1.807) is 24.6 Å². The van der Waals surface area contributed by atoms with Gasteiger partial charge in [-0.05, 0) is 30.9 Å². The first-order valence-corrected chi connectivity index (χ1v) is 8.45. The Morgan fingerprint density at radius 3 is 2.91 bits per heavy atom. The molecule has 116 valence electrons. The van der Waals surface area contributed by atoms with Gasteiger partial charge < -0.3 is 9.64 Å². The molecule has 3 rings (SSSR count). The van der Waals surface area contributed by atoms with Crippen LogP contribution in [-0.2, 0) is 17.8 Å². The van der Waals surface area contributed by atoms with Gasteiger partial charge in [0, 0.05) is 24.0 Å². The molecule has 2 aromatic rings. The highest BCUT2D eigenvalue weighted by Gasteiger charge is 2.32. The van der Waals surface area contributed by atoms with Crippen molar-refractivity contribution in [2.75, 3.05) is 7.11 Å². The number of rotatable bonds is 7. The van der Waals surface area contributed by atoms with Gasteiger partial charge in [0.25, 0.3) is 0 Å². The van der Waals surface area contributed by atoms with Crippen molar-refractivity contribution >= 4 is 17.2 Å². The van der Waals surface area contributed by atoms with E-state index in [0.29, 0.717) is 25.4 Å². The summed E-state index contributed by atoms with van der Waals surface area (Å²) in [7, 11) is 1.67. The Labute approximate surface area is 134 Å². The summed E-state index contributed by atoms with van der Waals surface area (Å²) in [5.74, 6) is 1.07. The van der Waals surface area contributed by atoms with Gasteiger partial charge in [-0.2, -0.15) is 0 Å². The molecule has 0 unspecified atom stereocenters. The zero-order valence-electron chi connectivity index (χ0n) is 12.7. The minimum absolute atomic E-state index is 0.212. The molecule has 1 amide bonds. The minimum Gasteiger partial charge on any atom is -0.496 e. The van der Waals surface area contributed by atoms with E-state index in [0.717, 1.165) is 29.2 Å². The molecule has 1 fully saturated rings. The Morgan fingerprint density at radius 2 is 2.23 bits per heavy atom. The second kappa shape index (κ2) is 6.92. The van der Waals surface area contributed by atoms with E-state index in [2.05, 4.69) is 4.98 Å². The molecule has 0 saturated heterocycles. The van der Waals surface area contributed by atoms with Crippen molar-refractivity contribution in [1.82, 2.24) is 9.88 Å². The lowest BCUT2D eigenvalue weighted by molar-refractivity contribution is -0.132. The lowest BCUT2D eigenvalue weighted by Crippen LogP contribution is -2.32. The van der Waals surface area contributed by atoms with E-state index in [9.17, 15) is 4.79 Å². The number of thiazole rings is 1. The zero-order valence-corrected chi connectivity index (χ0v) is 13.5. The molecule has 4 nitrogen and oxygen atoms in total. The largest absolute Gasteiger partial charge is 0.496 e. The topological polar surface area (TPSA) is 42.4 Å². The third-order valence-corrected chi connectivity index (χ3v) is 4.66. The summed E-state index contributed by atoms with van der Waals surface area (Å²) >= 11 is 1.61. The second-order valence-corrected chi connectivity index (χ2v) is 6.47. The summed E-state index contributed by atoms with van der Waals surface area (Å²) < 4.78 is 5.35. The SMILES string of the molecule is COc1ccccc1CCC(=O)N(Cc1nccs1)C1CC1. The molecular weight excluding hydrogens is 296 g/mol. The molecule has 0 atom stereocenters. The molecule has 1 saturated carbocycles. The summed E-state index contributed by atoms with van der Waals surface area (Å²) in [6.45, 7) is 0.646. The van der Waals surface area contributed by atoms with Crippen LogP contribution in [0.1, 0.15) is 29.8 Å². The minimum atomic E-state index is 0.212. The maximum Gasteiger partial charge on any atom is 0.223 e. The average molecular weight is 316 g/mol. The van der Waals surface area contributed by atoms with Crippen LogP contribution in [0.5, 0.6) is 5.75 Å². The van der Waals surface area contributed by atoms with Gasteiger partial charge in [0.05, 0.1) is 13.7 Å². The van der Waals surface area contributed by atoms with Gasteiger partial charge >= 0.3 is 0 Å². The van der Waals surface area contributed by atoms with Gasteiger partial charge in [-0.15, -0.1) is 11.3 Å². The van der Waals surface area contributed by atoms with Gasteiger partial charge in [-0.3, -0.25) is 4.79 Å². The number of ether oxygens (including phenoxy) is 1. The molecule has 0 N–H and O–H groups in total. The number of hydrogen-bond donors (Lipinski definition) is 0. The van der Waals surface area contributed by atoms with Crippen LogP contribution < -0.4 is 4.74 Å². The molecule has 1 aromatic carbocycles. The monoisotopic (exact) mass is 316 g/mol. The van der Waals surface area contributed by atoms with E-state index in [1.165, 1.54) is 0 Å². The molecule has 1 aliphatic rings. The number of methoxy groups -OCH3 is 1. The molecule has 0 spiro atoms. The number of benzene rings is 1. The fraction of sp³-hybridized carbons (Fsp3) is 0.412. The van der Waals surface area contributed by atoms with Crippen molar-refractivity contribution in [2.24, 2.45) is 0 Å². The Morgan fingerprint density at radius 1 is 1.41 bits per heavy atom. The van der Waals surface area contributed by atoms with E-state index < -0.39 is 0 Å². The van der Waals surface area contributed by atoms with Crippen LogP contribution in [-0.4, -0.2) is 28.9 Å². The normalized spacial score (nSPS) is 13.9. The number of carbonyl (C=O) groups excluding carboxylic acids is 1. The number of hydrogen-bond acceptors (Lipinski definition) is 4. The third kappa shape index (κ3) is 3.65. The molecule has 0 radical (unpaired) electrons. The van der Waals surface area contributed by atoms with Crippen LogP contribution in [0.3, 0.4) is 0 Å². The van der Waals surface area contributed by atoms with Crippen LogP contribution in [0.4, 0.5) is 0 Å². The molecule has 1 heterocycles.